The Hall–Kier alpha value is -2.85. The third kappa shape index (κ3) is 6.35. The van der Waals surface area contributed by atoms with E-state index < -0.39 is 23.1 Å². The van der Waals surface area contributed by atoms with Crippen molar-refractivity contribution in [3.8, 4) is 11.5 Å². The van der Waals surface area contributed by atoms with Crippen LogP contribution in [0.3, 0.4) is 0 Å². The standard InChI is InChI=1S/C23H27F2N3O4S/c1-31-19-6-5-17(12-20(19)32-2)33-14-21(29)28-23(7-9-26-10-8-23)22(30)27-13-15-3-4-16(24)11-18(15)25/h3-6,11-12,26H,7-10,13-14H2,1-2H3,(H,27,30)(H,28,29). The molecule has 3 rings (SSSR count). The van der Waals surface area contributed by atoms with E-state index in [1.54, 1.807) is 19.2 Å². The number of rotatable bonds is 9. The van der Waals surface area contributed by atoms with E-state index in [0.717, 1.165) is 17.0 Å². The summed E-state index contributed by atoms with van der Waals surface area (Å²) in [5, 5.41) is 8.76. The molecule has 0 spiro atoms. The topological polar surface area (TPSA) is 88.7 Å². The van der Waals surface area contributed by atoms with Gasteiger partial charge in [-0.3, -0.25) is 9.59 Å². The molecule has 0 aromatic heterocycles. The lowest BCUT2D eigenvalue weighted by Crippen LogP contribution is -2.63. The van der Waals surface area contributed by atoms with Crippen molar-refractivity contribution in [1.82, 2.24) is 16.0 Å². The van der Waals surface area contributed by atoms with Crippen molar-refractivity contribution in [3.63, 3.8) is 0 Å². The normalized spacial score (nSPS) is 14.9. The van der Waals surface area contributed by atoms with Gasteiger partial charge in [0.1, 0.15) is 17.2 Å². The third-order valence-corrected chi connectivity index (χ3v) is 6.44. The number of halogens is 2. The van der Waals surface area contributed by atoms with Crippen LogP contribution >= 0.6 is 11.8 Å². The SMILES string of the molecule is COc1ccc(SCC(=O)NC2(C(=O)NCc3ccc(F)cc3F)CCNCC2)cc1OC. The molecule has 0 radical (unpaired) electrons. The van der Waals surface area contributed by atoms with Gasteiger partial charge >= 0.3 is 0 Å². The van der Waals surface area contributed by atoms with Gasteiger partial charge in [0.05, 0.1) is 20.0 Å². The van der Waals surface area contributed by atoms with Gasteiger partial charge in [-0.15, -0.1) is 11.8 Å². The van der Waals surface area contributed by atoms with E-state index in [-0.39, 0.29) is 23.8 Å². The molecule has 1 aliphatic rings. The average Bonchev–Trinajstić information content (AvgIpc) is 2.82. The summed E-state index contributed by atoms with van der Waals surface area (Å²) in [5.41, 5.74) is -0.930. The van der Waals surface area contributed by atoms with Gasteiger partial charge in [0.15, 0.2) is 11.5 Å². The number of methoxy groups -OCH3 is 2. The van der Waals surface area contributed by atoms with Crippen molar-refractivity contribution >= 4 is 23.6 Å². The first-order chi connectivity index (χ1) is 15.9. The quantitative estimate of drug-likeness (QED) is 0.480. The van der Waals surface area contributed by atoms with E-state index in [2.05, 4.69) is 16.0 Å². The zero-order valence-electron chi connectivity index (χ0n) is 18.5. The Bertz CT molecular complexity index is 1000. The van der Waals surface area contributed by atoms with Gasteiger partial charge in [-0.1, -0.05) is 6.07 Å². The molecule has 0 bridgehead atoms. The van der Waals surface area contributed by atoms with Crippen LogP contribution in [0.4, 0.5) is 8.78 Å². The Morgan fingerprint density at radius 1 is 1.06 bits per heavy atom. The van der Waals surface area contributed by atoms with Crippen molar-refractivity contribution in [2.45, 2.75) is 29.8 Å². The van der Waals surface area contributed by atoms with Crippen LogP contribution in [-0.2, 0) is 16.1 Å². The van der Waals surface area contributed by atoms with Crippen LogP contribution in [0, 0.1) is 11.6 Å². The number of ether oxygens (including phenoxy) is 2. The summed E-state index contributed by atoms with van der Waals surface area (Å²) in [5.74, 6) is -0.845. The molecule has 2 amide bonds. The highest BCUT2D eigenvalue weighted by atomic mass is 32.2. The minimum atomic E-state index is -1.10. The molecule has 178 valence electrons. The molecular weight excluding hydrogens is 452 g/mol. The second-order valence-corrected chi connectivity index (χ2v) is 8.65. The van der Waals surface area contributed by atoms with Gasteiger partial charge in [0.25, 0.3) is 0 Å². The number of piperidine rings is 1. The van der Waals surface area contributed by atoms with E-state index in [1.807, 2.05) is 6.07 Å². The Morgan fingerprint density at radius 3 is 2.45 bits per heavy atom. The number of thioether (sulfide) groups is 1. The van der Waals surface area contributed by atoms with Crippen LogP contribution in [0.2, 0.25) is 0 Å². The van der Waals surface area contributed by atoms with E-state index >= 15 is 0 Å². The van der Waals surface area contributed by atoms with Crippen molar-refractivity contribution < 1.29 is 27.8 Å². The fourth-order valence-corrected chi connectivity index (χ4v) is 4.35. The molecule has 0 unspecified atom stereocenters. The Balaban J connectivity index is 1.63. The van der Waals surface area contributed by atoms with E-state index in [4.69, 9.17) is 9.47 Å². The molecule has 1 saturated heterocycles. The number of carbonyl (C=O) groups is 2. The van der Waals surface area contributed by atoms with Crippen LogP contribution in [0.5, 0.6) is 11.5 Å². The highest BCUT2D eigenvalue weighted by Crippen LogP contribution is 2.32. The van der Waals surface area contributed by atoms with E-state index in [1.165, 1.54) is 24.9 Å². The zero-order chi connectivity index (χ0) is 23.8. The Labute approximate surface area is 195 Å². The molecule has 3 N–H and O–H groups in total. The predicted octanol–water partition coefficient (Wildman–Crippen LogP) is 2.63. The van der Waals surface area contributed by atoms with E-state index in [9.17, 15) is 18.4 Å². The smallest absolute Gasteiger partial charge is 0.246 e. The zero-order valence-corrected chi connectivity index (χ0v) is 19.3. The monoisotopic (exact) mass is 479 g/mol. The van der Waals surface area contributed by atoms with E-state index in [0.29, 0.717) is 37.4 Å². The molecule has 0 saturated carbocycles. The molecule has 10 heteroatoms. The Morgan fingerprint density at radius 2 is 1.79 bits per heavy atom. The molecule has 1 heterocycles. The molecule has 2 aromatic rings. The maximum atomic E-state index is 13.9. The fourth-order valence-electron chi connectivity index (χ4n) is 3.63. The predicted molar refractivity (Wildman–Crippen MR) is 121 cm³/mol. The number of carbonyl (C=O) groups excluding carboxylic acids is 2. The minimum absolute atomic E-state index is 0.101. The summed E-state index contributed by atoms with van der Waals surface area (Å²) in [7, 11) is 3.09. The van der Waals surface area contributed by atoms with Crippen LogP contribution < -0.4 is 25.4 Å². The molecule has 1 fully saturated rings. The molecule has 2 aromatic carbocycles. The van der Waals surface area contributed by atoms with Crippen molar-refractivity contribution in [3.05, 3.63) is 53.6 Å². The number of amides is 2. The third-order valence-electron chi connectivity index (χ3n) is 5.45. The maximum Gasteiger partial charge on any atom is 0.246 e. The van der Waals surface area contributed by atoms with Gasteiger partial charge in [-0.25, -0.2) is 8.78 Å². The van der Waals surface area contributed by atoms with Gasteiger partial charge < -0.3 is 25.4 Å². The van der Waals surface area contributed by atoms with Crippen molar-refractivity contribution in [2.75, 3.05) is 33.1 Å². The van der Waals surface area contributed by atoms with Crippen LogP contribution in [0.25, 0.3) is 0 Å². The van der Waals surface area contributed by atoms with Gasteiger partial charge in [-0.05, 0) is 50.2 Å². The first kappa shape index (κ1) is 24.8. The first-order valence-electron chi connectivity index (χ1n) is 10.5. The van der Waals surface area contributed by atoms with Gasteiger partial charge in [0.2, 0.25) is 11.8 Å². The van der Waals surface area contributed by atoms with Gasteiger partial charge in [0, 0.05) is 23.1 Å². The second kappa shape index (κ2) is 11.3. The first-order valence-corrected chi connectivity index (χ1v) is 11.4. The summed E-state index contributed by atoms with van der Waals surface area (Å²) < 4.78 is 37.5. The molecule has 1 aliphatic heterocycles. The second-order valence-electron chi connectivity index (χ2n) is 7.60. The number of nitrogens with one attached hydrogen (secondary N) is 3. The average molecular weight is 480 g/mol. The summed E-state index contributed by atoms with van der Waals surface area (Å²) in [4.78, 5) is 26.6. The maximum absolute atomic E-state index is 13.9. The highest BCUT2D eigenvalue weighted by Gasteiger charge is 2.40. The summed E-state index contributed by atoms with van der Waals surface area (Å²) >= 11 is 1.31. The van der Waals surface area contributed by atoms with Crippen molar-refractivity contribution in [2.24, 2.45) is 0 Å². The van der Waals surface area contributed by atoms with Crippen LogP contribution in [-0.4, -0.2) is 50.4 Å². The highest BCUT2D eigenvalue weighted by molar-refractivity contribution is 8.00. The summed E-state index contributed by atoms with van der Waals surface area (Å²) in [6, 6.07) is 8.56. The van der Waals surface area contributed by atoms with Crippen molar-refractivity contribution in [1.29, 1.82) is 0 Å². The minimum Gasteiger partial charge on any atom is -0.493 e. The molecule has 33 heavy (non-hydrogen) atoms. The Kier molecular flexibility index (Phi) is 8.51. The van der Waals surface area contributed by atoms with Crippen LogP contribution in [0.15, 0.2) is 41.3 Å². The summed E-state index contributed by atoms with van der Waals surface area (Å²) in [6.07, 6.45) is 0.801. The largest absolute Gasteiger partial charge is 0.493 e. The fraction of sp³-hybridized carbons (Fsp3) is 0.391. The summed E-state index contributed by atoms with van der Waals surface area (Å²) in [6.45, 7) is 1.01. The molecule has 0 atom stereocenters. The van der Waals surface area contributed by atoms with Crippen LogP contribution in [0.1, 0.15) is 18.4 Å². The lowest BCUT2D eigenvalue weighted by Gasteiger charge is -2.37. The number of hydrogen-bond acceptors (Lipinski definition) is 6. The molecular formula is C23H27F2N3O4S. The van der Waals surface area contributed by atoms with Gasteiger partial charge in [-0.2, -0.15) is 0 Å². The molecule has 7 nitrogen and oxygen atoms in total. The molecule has 0 aliphatic carbocycles. The lowest BCUT2D eigenvalue weighted by atomic mass is 9.87. The number of benzene rings is 2. The number of hydrogen-bond donors (Lipinski definition) is 3. The lowest BCUT2D eigenvalue weighted by molar-refractivity contribution is -0.134.